The van der Waals surface area contributed by atoms with Crippen LogP contribution in [0.3, 0.4) is 0 Å². The topological polar surface area (TPSA) is 86.2 Å². The maximum absolute atomic E-state index is 12.9. The molecule has 4 aromatic rings. The maximum Gasteiger partial charge on any atom is 0.261 e. The van der Waals surface area contributed by atoms with E-state index in [0.29, 0.717) is 34.7 Å². The number of nitrogens with one attached hydrogen (secondary N) is 1. The van der Waals surface area contributed by atoms with Gasteiger partial charge in [0.2, 0.25) is 5.88 Å². The molecule has 0 radical (unpaired) electrons. The number of thiophene rings is 1. The molecule has 1 aliphatic rings. The number of fused-ring (bicyclic) bond motifs is 1. The minimum absolute atomic E-state index is 0.112. The summed E-state index contributed by atoms with van der Waals surface area (Å²) in [6, 6.07) is 11.0. The number of hydrogen-bond donors (Lipinski definition) is 1. The minimum Gasteiger partial charge on any atom is -0.497 e. The fraction of sp³-hybridized carbons (Fsp3) is 0.280. The first-order chi connectivity index (χ1) is 16.0. The first-order valence-electron chi connectivity index (χ1n) is 10.8. The number of rotatable bonds is 7. The largest absolute Gasteiger partial charge is 0.497 e. The Kier molecular flexibility index (Phi) is 5.68. The average Bonchev–Trinajstić information content (AvgIpc) is 3.62. The quantitative estimate of drug-likeness (QED) is 0.402. The molecule has 3 aromatic heterocycles. The fourth-order valence-corrected chi connectivity index (χ4v) is 4.88. The molecule has 168 valence electrons. The van der Waals surface area contributed by atoms with E-state index in [1.807, 2.05) is 38.1 Å². The summed E-state index contributed by atoms with van der Waals surface area (Å²) in [5.74, 6) is 3.12. The SMILES string of the molecule is COc1cccc(Oc2ccc(CNC(=O)c3sc4nc(C5CC5)nc(C)c4c3C)cn2)c1. The summed E-state index contributed by atoms with van der Waals surface area (Å²) in [7, 11) is 1.61. The number of carbonyl (C=O) groups excluding carboxylic acids is 1. The third kappa shape index (κ3) is 4.52. The zero-order valence-corrected chi connectivity index (χ0v) is 19.5. The predicted octanol–water partition coefficient (Wildman–Crippen LogP) is 5.31. The van der Waals surface area contributed by atoms with Gasteiger partial charge in [0.25, 0.3) is 5.91 Å². The average molecular weight is 461 g/mol. The van der Waals surface area contributed by atoms with Crippen LogP contribution in [-0.2, 0) is 6.54 Å². The molecule has 0 spiro atoms. The van der Waals surface area contributed by atoms with Crippen LogP contribution in [0.2, 0.25) is 0 Å². The summed E-state index contributed by atoms with van der Waals surface area (Å²) in [6.45, 7) is 4.34. The molecule has 5 rings (SSSR count). The lowest BCUT2D eigenvalue weighted by Gasteiger charge is -2.08. The molecule has 0 aliphatic heterocycles. The van der Waals surface area contributed by atoms with Gasteiger partial charge in [0, 0.05) is 36.2 Å². The van der Waals surface area contributed by atoms with Crippen LogP contribution in [0.4, 0.5) is 0 Å². The fourth-order valence-electron chi connectivity index (χ4n) is 3.72. The number of hydrogen-bond acceptors (Lipinski definition) is 7. The minimum atomic E-state index is -0.112. The van der Waals surface area contributed by atoms with Crippen molar-refractivity contribution in [2.45, 2.75) is 39.2 Å². The van der Waals surface area contributed by atoms with Crippen molar-refractivity contribution >= 4 is 27.5 Å². The van der Waals surface area contributed by atoms with Gasteiger partial charge in [0.1, 0.15) is 22.2 Å². The van der Waals surface area contributed by atoms with Gasteiger partial charge in [0.15, 0.2) is 0 Å². The van der Waals surface area contributed by atoms with Gasteiger partial charge in [-0.2, -0.15) is 0 Å². The Morgan fingerprint density at radius 2 is 1.97 bits per heavy atom. The lowest BCUT2D eigenvalue weighted by molar-refractivity contribution is 0.0954. The van der Waals surface area contributed by atoms with Crippen LogP contribution in [0.15, 0.2) is 42.6 Å². The van der Waals surface area contributed by atoms with E-state index < -0.39 is 0 Å². The monoisotopic (exact) mass is 460 g/mol. The lowest BCUT2D eigenvalue weighted by atomic mass is 10.1. The van der Waals surface area contributed by atoms with Gasteiger partial charge in [-0.15, -0.1) is 11.3 Å². The van der Waals surface area contributed by atoms with Crippen molar-refractivity contribution in [1.29, 1.82) is 0 Å². The summed E-state index contributed by atoms with van der Waals surface area (Å²) in [6.07, 6.45) is 4.01. The van der Waals surface area contributed by atoms with Crippen LogP contribution >= 0.6 is 11.3 Å². The molecule has 33 heavy (non-hydrogen) atoms. The van der Waals surface area contributed by atoms with Crippen molar-refractivity contribution in [3.05, 3.63) is 70.1 Å². The molecule has 1 fully saturated rings. The second-order valence-corrected chi connectivity index (χ2v) is 9.15. The Morgan fingerprint density at radius 3 is 2.70 bits per heavy atom. The summed E-state index contributed by atoms with van der Waals surface area (Å²) in [5.41, 5.74) is 2.77. The van der Waals surface area contributed by atoms with Crippen molar-refractivity contribution in [2.75, 3.05) is 7.11 Å². The first-order valence-corrected chi connectivity index (χ1v) is 11.7. The van der Waals surface area contributed by atoms with E-state index in [1.54, 1.807) is 25.4 Å². The molecule has 0 bridgehead atoms. The van der Waals surface area contributed by atoms with Crippen LogP contribution in [0, 0.1) is 13.8 Å². The summed E-state index contributed by atoms with van der Waals surface area (Å²) >= 11 is 1.44. The highest BCUT2D eigenvalue weighted by Crippen LogP contribution is 2.40. The van der Waals surface area contributed by atoms with Gasteiger partial charge in [-0.3, -0.25) is 4.79 Å². The van der Waals surface area contributed by atoms with Crippen molar-refractivity contribution in [3.8, 4) is 17.4 Å². The van der Waals surface area contributed by atoms with E-state index in [4.69, 9.17) is 14.5 Å². The number of methoxy groups -OCH3 is 1. The van der Waals surface area contributed by atoms with Crippen molar-refractivity contribution in [3.63, 3.8) is 0 Å². The normalized spacial score (nSPS) is 13.2. The van der Waals surface area contributed by atoms with Gasteiger partial charge in [-0.05, 0) is 49.9 Å². The number of aryl methyl sites for hydroxylation is 2. The maximum atomic E-state index is 12.9. The number of amides is 1. The van der Waals surface area contributed by atoms with Gasteiger partial charge < -0.3 is 14.8 Å². The standard InChI is InChI=1S/C25H24N4O3S/c1-14-21-15(2)28-23(17-8-9-17)29-25(21)33-22(14)24(30)27-13-16-7-10-20(26-12-16)32-19-6-4-5-18(11-19)31-3/h4-7,10-12,17H,8-9,13H2,1-3H3,(H,27,30). The Morgan fingerprint density at radius 1 is 1.15 bits per heavy atom. The molecular weight excluding hydrogens is 436 g/mol. The summed E-state index contributed by atoms with van der Waals surface area (Å²) in [4.78, 5) is 28.2. The molecule has 1 amide bonds. The molecule has 1 aromatic carbocycles. The first kappa shape index (κ1) is 21.3. The molecular formula is C25H24N4O3S. The molecule has 0 atom stereocenters. The Hall–Kier alpha value is -3.52. The van der Waals surface area contributed by atoms with Crippen LogP contribution < -0.4 is 14.8 Å². The molecule has 1 saturated carbocycles. The second kappa shape index (κ2) is 8.78. The molecule has 8 heteroatoms. The van der Waals surface area contributed by atoms with E-state index in [1.165, 1.54) is 11.3 Å². The van der Waals surface area contributed by atoms with Crippen molar-refractivity contribution in [2.24, 2.45) is 0 Å². The number of carbonyl (C=O) groups is 1. The summed E-state index contributed by atoms with van der Waals surface area (Å²) < 4.78 is 11.0. The molecule has 1 aliphatic carbocycles. The van der Waals surface area contributed by atoms with E-state index in [9.17, 15) is 4.79 Å². The Balaban J connectivity index is 1.25. The number of nitrogens with zero attached hydrogens (tertiary/aromatic N) is 3. The van der Waals surface area contributed by atoms with E-state index in [2.05, 4.69) is 15.3 Å². The summed E-state index contributed by atoms with van der Waals surface area (Å²) in [5, 5.41) is 3.99. The Bertz CT molecular complexity index is 1330. The van der Waals surface area contributed by atoms with Gasteiger partial charge in [0.05, 0.1) is 17.7 Å². The molecule has 0 saturated heterocycles. The smallest absolute Gasteiger partial charge is 0.261 e. The number of aromatic nitrogens is 3. The molecule has 3 heterocycles. The van der Waals surface area contributed by atoms with Gasteiger partial charge >= 0.3 is 0 Å². The van der Waals surface area contributed by atoms with Crippen LogP contribution in [0.1, 0.15) is 51.1 Å². The highest BCUT2D eigenvalue weighted by Gasteiger charge is 2.28. The van der Waals surface area contributed by atoms with Gasteiger partial charge in [-0.1, -0.05) is 12.1 Å². The van der Waals surface area contributed by atoms with Crippen LogP contribution in [0.5, 0.6) is 17.4 Å². The Labute approximate surface area is 195 Å². The number of benzene rings is 1. The highest BCUT2D eigenvalue weighted by molar-refractivity contribution is 7.20. The van der Waals surface area contributed by atoms with E-state index in [-0.39, 0.29) is 5.91 Å². The molecule has 1 N–H and O–H groups in total. The number of ether oxygens (including phenoxy) is 2. The van der Waals surface area contributed by atoms with Crippen LogP contribution in [0.25, 0.3) is 10.2 Å². The third-order valence-corrected chi connectivity index (χ3v) is 6.84. The predicted molar refractivity (Wildman–Crippen MR) is 127 cm³/mol. The highest BCUT2D eigenvalue weighted by atomic mass is 32.1. The van der Waals surface area contributed by atoms with E-state index >= 15 is 0 Å². The van der Waals surface area contributed by atoms with Gasteiger partial charge in [-0.25, -0.2) is 15.0 Å². The van der Waals surface area contributed by atoms with Crippen molar-refractivity contribution in [1.82, 2.24) is 20.3 Å². The van der Waals surface area contributed by atoms with Crippen LogP contribution in [-0.4, -0.2) is 28.0 Å². The molecule has 7 nitrogen and oxygen atoms in total. The second-order valence-electron chi connectivity index (χ2n) is 8.15. The third-order valence-electron chi connectivity index (χ3n) is 5.65. The lowest BCUT2D eigenvalue weighted by Crippen LogP contribution is -2.22. The van der Waals surface area contributed by atoms with E-state index in [0.717, 1.165) is 45.7 Å². The van der Waals surface area contributed by atoms with Crippen molar-refractivity contribution < 1.29 is 14.3 Å². The number of pyridine rings is 1. The zero-order chi connectivity index (χ0) is 22.9. The molecule has 0 unspecified atom stereocenters. The zero-order valence-electron chi connectivity index (χ0n) is 18.7.